The van der Waals surface area contributed by atoms with E-state index in [0.29, 0.717) is 24.8 Å². The highest BCUT2D eigenvalue weighted by molar-refractivity contribution is 6.32. The van der Waals surface area contributed by atoms with E-state index in [4.69, 9.17) is 21.1 Å². The molecule has 1 N–H and O–H groups in total. The molecular formula is C22H24ClF3N2O4. The second-order valence-electron chi connectivity index (χ2n) is 6.84. The van der Waals surface area contributed by atoms with E-state index in [2.05, 4.69) is 5.32 Å². The van der Waals surface area contributed by atoms with Gasteiger partial charge in [-0.1, -0.05) is 25.4 Å². The van der Waals surface area contributed by atoms with E-state index in [1.165, 1.54) is 24.1 Å². The van der Waals surface area contributed by atoms with Gasteiger partial charge in [-0.05, 0) is 37.1 Å². The molecule has 6 nitrogen and oxygen atoms in total. The normalized spacial score (nSPS) is 10.6. The lowest BCUT2D eigenvalue weighted by molar-refractivity contribution is -0.116. The predicted molar refractivity (Wildman–Crippen MR) is 115 cm³/mol. The van der Waals surface area contributed by atoms with Crippen molar-refractivity contribution in [3.05, 3.63) is 52.3 Å². The van der Waals surface area contributed by atoms with Gasteiger partial charge in [0, 0.05) is 12.1 Å². The number of rotatable bonds is 10. The molecule has 0 bridgehead atoms. The van der Waals surface area contributed by atoms with Crippen LogP contribution >= 0.6 is 11.6 Å². The van der Waals surface area contributed by atoms with Crippen LogP contribution in [0.2, 0.25) is 5.02 Å². The van der Waals surface area contributed by atoms with Gasteiger partial charge >= 0.3 is 0 Å². The monoisotopic (exact) mass is 472 g/mol. The third-order valence-electron chi connectivity index (χ3n) is 4.35. The van der Waals surface area contributed by atoms with Crippen LogP contribution in [0.3, 0.4) is 0 Å². The summed E-state index contributed by atoms with van der Waals surface area (Å²) in [6.07, 6.45) is 1.28. The topological polar surface area (TPSA) is 67.9 Å². The average Bonchev–Trinajstić information content (AvgIpc) is 2.77. The van der Waals surface area contributed by atoms with E-state index in [0.717, 1.165) is 12.5 Å². The molecule has 0 atom stereocenters. The van der Waals surface area contributed by atoms with E-state index in [-0.39, 0.29) is 22.9 Å². The molecule has 0 aliphatic carbocycles. The van der Waals surface area contributed by atoms with Crippen LogP contribution in [0.25, 0.3) is 0 Å². The van der Waals surface area contributed by atoms with Gasteiger partial charge in [0.15, 0.2) is 29.0 Å². The number of methoxy groups -OCH3 is 1. The molecule has 0 radical (unpaired) electrons. The number of amides is 2. The van der Waals surface area contributed by atoms with Gasteiger partial charge in [0.2, 0.25) is 5.91 Å². The van der Waals surface area contributed by atoms with Crippen molar-refractivity contribution < 1.29 is 32.2 Å². The summed E-state index contributed by atoms with van der Waals surface area (Å²) in [5.74, 6) is -5.32. The lowest BCUT2D eigenvalue weighted by Gasteiger charge is -2.23. The van der Waals surface area contributed by atoms with Crippen molar-refractivity contribution in [2.45, 2.75) is 26.7 Å². The Morgan fingerprint density at radius 3 is 2.44 bits per heavy atom. The van der Waals surface area contributed by atoms with Crippen LogP contribution < -0.4 is 14.8 Å². The minimum Gasteiger partial charge on any atom is -0.493 e. The smallest absolute Gasteiger partial charge is 0.254 e. The fourth-order valence-corrected chi connectivity index (χ4v) is 3.14. The number of hydrogen-bond acceptors (Lipinski definition) is 4. The van der Waals surface area contributed by atoms with Crippen LogP contribution in [0.15, 0.2) is 24.3 Å². The van der Waals surface area contributed by atoms with Crippen LogP contribution in [-0.4, -0.2) is 43.5 Å². The molecule has 2 aromatic rings. The van der Waals surface area contributed by atoms with E-state index < -0.39 is 41.5 Å². The Bertz CT molecular complexity index is 988. The van der Waals surface area contributed by atoms with Crippen molar-refractivity contribution >= 4 is 29.1 Å². The number of carbonyl (C=O) groups is 2. The lowest BCUT2D eigenvalue weighted by atomic mass is 10.1. The molecule has 174 valence electrons. The van der Waals surface area contributed by atoms with Crippen molar-refractivity contribution in [2.24, 2.45) is 0 Å². The Kier molecular flexibility index (Phi) is 9.19. The molecule has 32 heavy (non-hydrogen) atoms. The summed E-state index contributed by atoms with van der Waals surface area (Å²) in [6, 6.07) is 4.46. The molecule has 2 rings (SSSR count). The molecular weight excluding hydrogens is 449 g/mol. The highest BCUT2D eigenvalue weighted by Gasteiger charge is 2.23. The standard InChI is InChI=1S/C22H24ClF3N2O4/c1-4-8-28(12-18(29)27-16-7-6-15(24)19(25)20(16)26)22(30)13-10-14(23)21(32-9-5-2)17(11-13)31-3/h6-7,10-11H,4-5,8-9,12H2,1-3H3,(H,27,29). The molecule has 0 saturated carbocycles. The van der Waals surface area contributed by atoms with Gasteiger partial charge in [0.25, 0.3) is 5.91 Å². The minimum atomic E-state index is -1.70. The van der Waals surface area contributed by atoms with Crippen LogP contribution in [0.1, 0.15) is 37.0 Å². The summed E-state index contributed by atoms with van der Waals surface area (Å²) in [5.41, 5.74) is -0.365. The van der Waals surface area contributed by atoms with E-state index >= 15 is 0 Å². The Balaban J connectivity index is 2.23. The summed E-state index contributed by atoms with van der Waals surface area (Å²) in [5, 5.41) is 2.33. The SMILES string of the molecule is CCCOc1c(Cl)cc(C(=O)N(CCC)CC(=O)Nc2ccc(F)c(F)c2F)cc1OC. The number of nitrogens with one attached hydrogen (secondary N) is 1. The zero-order chi connectivity index (χ0) is 23.8. The summed E-state index contributed by atoms with van der Waals surface area (Å²) in [4.78, 5) is 26.7. The van der Waals surface area contributed by atoms with Gasteiger partial charge in [-0.15, -0.1) is 0 Å². The number of carbonyl (C=O) groups excluding carboxylic acids is 2. The Morgan fingerprint density at radius 2 is 1.81 bits per heavy atom. The summed E-state index contributed by atoms with van der Waals surface area (Å²) in [6.45, 7) is 3.91. The second-order valence-corrected chi connectivity index (χ2v) is 7.24. The van der Waals surface area contributed by atoms with Crippen molar-refractivity contribution in [1.82, 2.24) is 4.90 Å². The third kappa shape index (κ3) is 6.06. The van der Waals surface area contributed by atoms with Gasteiger partial charge < -0.3 is 19.7 Å². The van der Waals surface area contributed by atoms with E-state index in [1.54, 1.807) is 0 Å². The fraction of sp³-hybridized carbons (Fsp3) is 0.364. The lowest BCUT2D eigenvalue weighted by Crippen LogP contribution is -2.38. The maximum absolute atomic E-state index is 13.8. The first-order valence-corrected chi connectivity index (χ1v) is 10.3. The van der Waals surface area contributed by atoms with Gasteiger partial charge in [-0.2, -0.15) is 0 Å². The first kappa shape index (κ1) is 25.3. The summed E-state index contributed by atoms with van der Waals surface area (Å²) < 4.78 is 51.2. The van der Waals surface area contributed by atoms with Gasteiger partial charge in [-0.25, -0.2) is 13.2 Å². The zero-order valence-corrected chi connectivity index (χ0v) is 18.7. The first-order chi connectivity index (χ1) is 15.2. The minimum absolute atomic E-state index is 0.163. The Hall–Kier alpha value is -2.94. The molecule has 0 aliphatic heterocycles. The number of hydrogen-bond donors (Lipinski definition) is 1. The second kappa shape index (κ2) is 11.6. The molecule has 0 spiro atoms. The third-order valence-corrected chi connectivity index (χ3v) is 4.63. The number of anilines is 1. The van der Waals surface area contributed by atoms with Crippen molar-refractivity contribution in [3.8, 4) is 11.5 Å². The summed E-state index contributed by atoms with van der Waals surface area (Å²) in [7, 11) is 1.41. The summed E-state index contributed by atoms with van der Waals surface area (Å²) >= 11 is 6.27. The molecule has 0 unspecified atom stereocenters. The fourth-order valence-electron chi connectivity index (χ4n) is 2.88. The Morgan fingerprint density at radius 1 is 1.09 bits per heavy atom. The maximum atomic E-state index is 13.8. The largest absolute Gasteiger partial charge is 0.493 e. The molecule has 2 amide bonds. The number of nitrogens with zero attached hydrogens (tertiary/aromatic N) is 1. The quantitative estimate of drug-likeness (QED) is 0.492. The van der Waals surface area contributed by atoms with E-state index in [9.17, 15) is 22.8 Å². The van der Waals surface area contributed by atoms with E-state index in [1.807, 2.05) is 13.8 Å². The first-order valence-electron chi connectivity index (χ1n) is 9.96. The van der Waals surface area contributed by atoms with Crippen LogP contribution in [-0.2, 0) is 4.79 Å². The van der Waals surface area contributed by atoms with Crippen molar-refractivity contribution in [1.29, 1.82) is 0 Å². The molecule has 0 aromatic heterocycles. The highest BCUT2D eigenvalue weighted by Crippen LogP contribution is 2.37. The molecule has 2 aromatic carbocycles. The van der Waals surface area contributed by atoms with Crippen molar-refractivity contribution in [2.75, 3.05) is 32.1 Å². The van der Waals surface area contributed by atoms with Crippen LogP contribution in [0.4, 0.5) is 18.9 Å². The molecule has 0 fully saturated rings. The number of benzene rings is 2. The number of halogens is 4. The molecule has 0 saturated heterocycles. The molecule has 10 heteroatoms. The van der Waals surface area contributed by atoms with Gasteiger partial charge in [0.05, 0.1) is 24.4 Å². The Labute approximate surface area is 189 Å². The highest BCUT2D eigenvalue weighted by atomic mass is 35.5. The average molecular weight is 473 g/mol. The van der Waals surface area contributed by atoms with Crippen LogP contribution in [0.5, 0.6) is 11.5 Å². The maximum Gasteiger partial charge on any atom is 0.254 e. The van der Waals surface area contributed by atoms with Crippen LogP contribution in [0, 0.1) is 17.5 Å². The number of ether oxygens (including phenoxy) is 2. The predicted octanol–water partition coefficient (Wildman–Crippen LogP) is 5.05. The molecule has 0 heterocycles. The zero-order valence-electron chi connectivity index (χ0n) is 17.9. The molecule has 0 aliphatic rings. The van der Waals surface area contributed by atoms with Gasteiger partial charge in [0.1, 0.15) is 6.54 Å². The van der Waals surface area contributed by atoms with Crippen molar-refractivity contribution in [3.63, 3.8) is 0 Å². The van der Waals surface area contributed by atoms with Gasteiger partial charge in [-0.3, -0.25) is 9.59 Å².